The van der Waals surface area contributed by atoms with E-state index < -0.39 is 7.60 Å². The summed E-state index contributed by atoms with van der Waals surface area (Å²) in [5.41, 5.74) is 1.13. The predicted octanol–water partition coefficient (Wildman–Crippen LogP) is 6.94. The van der Waals surface area contributed by atoms with Crippen LogP contribution in [0.5, 0.6) is 5.75 Å². The van der Waals surface area contributed by atoms with E-state index in [0.29, 0.717) is 6.42 Å². The van der Waals surface area contributed by atoms with E-state index in [1.165, 1.54) is 49.3 Å². The van der Waals surface area contributed by atoms with E-state index in [1.54, 1.807) is 0 Å². The van der Waals surface area contributed by atoms with Crippen LogP contribution in [0.4, 0.5) is 0 Å². The third-order valence-electron chi connectivity index (χ3n) is 5.18. The van der Waals surface area contributed by atoms with Gasteiger partial charge in [-0.05, 0) is 47.4 Å². The van der Waals surface area contributed by atoms with Gasteiger partial charge in [-0.15, -0.1) is 0 Å². The first-order chi connectivity index (χ1) is 14.0. The van der Waals surface area contributed by atoms with Crippen LogP contribution < -0.4 is 4.74 Å². The van der Waals surface area contributed by atoms with Gasteiger partial charge in [-0.25, -0.2) is 0 Å². The Hall–Kier alpha value is -1.61. The molecule has 2 N–H and O–H groups in total. The van der Waals surface area contributed by atoms with E-state index in [1.807, 2.05) is 12.1 Å². The molecule has 0 saturated heterocycles. The highest BCUT2D eigenvalue weighted by atomic mass is 31.2. The third kappa shape index (κ3) is 10.1. The van der Waals surface area contributed by atoms with Crippen LogP contribution in [-0.4, -0.2) is 22.6 Å². The van der Waals surface area contributed by atoms with Gasteiger partial charge < -0.3 is 14.5 Å². The second-order valence-corrected chi connectivity index (χ2v) is 9.52. The molecular weight excluding hydrogens is 383 g/mol. The molecule has 2 rings (SSSR count). The summed E-state index contributed by atoms with van der Waals surface area (Å²) in [5.74, 6) is 0.933. The zero-order valence-corrected chi connectivity index (χ0v) is 18.3. The van der Waals surface area contributed by atoms with Gasteiger partial charge >= 0.3 is 7.60 Å². The largest absolute Gasteiger partial charge is 0.494 e. The van der Waals surface area contributed by atoms with Gasteiger partial charge in [0.25, 0.3) is 0 Å². The van der Waals surface area contributed by atoms with E-state index in [2.05, 4.69) is 36.9 Å². The molecule has 0 aliphatic rings. The maximum Gasteiger partial charge on any atom is 0.325 e. The van der Waals surface area contributed by atoms with Crippen molar-refractivity contribution in [1.82, 2.24) is 0 Å². The number of ether oxygens (including phenoxy) is 1. The number of fused-ring (bicyclic) bond motifs is 1. The normalized spacial score (nSPS) is 11.7. The standard InChI is InChI=1S/C24H35O4P/c1-2-21-13-14-23-20-24(16-15-22(23)19-21)28-17-11-9-7-5-3-4-6-8-10-12-18-29(25,26)27/h2,13-16,19-20H,1,3-12,17-18H2,(H2,25,26,27). The number of unbranched alkanes of at least 4 members (excludes halogenated alkanes) is 9. The Kier molecular flexibility index (Phi) is 10.5. The maximum atomic E-state index is 10.8. The Labute approximate surface area is 175 Å². The SMILES string of the molecule is C=Cc1ccc2cc(OCCCCCCCCCCCCP(=O)(O)O)ccc2c1. The zero-order chi connectivity index (χ0) is 21.0. The van der Waals surface area contributed by atoms with Gasteiger partial charge in [-0.1, -0.05) is 82.2 Å². The lowest BCUT2D eigenvalue weighted by atomic mass is 10.1. The Bertz CT molecular complexity index is 797. The molecule has 0 unspecified atom stereocenters. The molecule has 5 heteroatoms. The first-order valence-electron chi connectivity index (χ1n) is 10.8. The fourth-order valence-corrected chi connectivity index (χ4v) is 4.12. The van der Waals surface area contributed by atoms with Crippen molar-refractivity contribution < 1.29 is 19.1 Å². The zero-order valence-electron chi connectivity index (χ0n) is 17.4. The van der Waals surface area contributed by atoms with Crippen molar-refractivity contribution >= 4 is 24.4 Å². The lowest BCUT2D eigenvalue weighted by Crippen LogP contribution is -1.97. The minimum absolute atomic E-state index is 0.0323. The van der Waals surface area contributed by atoms with Gasteiger partial charge in [0.2, 0.25) is 0 Å². The molecule has 0 aliphatic heterocycles. The number of hydrogen-bond acceptors (Lipinski definition) is 2. The summed E-state index contributed by atoms with van der Waals surface area (Å²) >= 11 is 0. The monoisotopic (exact) mass is 418 g/mol. The smallest absolute Gasteiger partial charge is 0.325 e. The molecule has 4 nitrogen and oxygen atoms in total. The van der Waals surface area contributed by atoms with E-state index >= 15 is 0 Å². The van der Waals surface area contributed by atoms with Gasteiger partial charge in [0.05, 0.1) is 6.61 Å². The second kappa shape index (κ2) is 12.8. The number of rotatable bonds is 15. The molecule has 0 heterocycles. The van der Waals surface area contributed by atoms with Crippen LogP contribution in [0.15, 0.2) is 43.0 Å². The summed E-state index contributed by atoms with van der Waals surface area (Å²) in [6.45, 7) is 4.57. The van der Waals surface area contributed by atoms with Gasteiger partial charge in [0, 0.05) is 6.16 Å². The first-order valence-corrected chi connectivity index (χ1v) is 12.6. The summed E-state index contributed by atoms with van der Waals surface area (Å²) in [4.78, 5) is 17.6. The van der Waals surface area contributed by atoms with Crippen LogP contribution in [0.2, 0.25) is 0 Å². The molecule has 2 aromatic rings. The molecule has 0 radical (unpaired) electrons. The summed E-state index contributed by atoms with van der Waals surface area (Å²) in [5, 5.41) is 2.39. The summed E-state index contributed by atoms with van der Waals surface area (Å²) in [6, 6.07) is 12.5. The fraction of sp³-hybridized carbons (Fsp3) is 0.500. The molecule has 0 spiro atoms. The molecule has 160 valence electrons. The van der Waals surface area contributed by atoms with Crippen LogP contribution in [0.25, 0.3) is 16.8 Å². The Morgan fingerprint density at radius 1 is 0.793 bits per heavy atom. The van der Waals surface area contributed by atoms with Crippen molar-refractivity contribution in [2.45, 2.75) is 64.2 Å². The summed E-state index contributed by atoms with van der Waals surface area (Å²) in [7, 11) is -3.79. The predicted molar refractivity (Wildman–Crippen MR) is 123 cm³/mol. The topological polar surface area (TPSA) is 66.8 Å². The molecule has 0 aromatic heterocycles. The average Bonchev–Trinajstić information content (AvgIpc) is 2.70. The summed E-state index contributed by atoms with van der Waals surface area (Å²) < 4.78 is 16.7. The highest BCUT2D eigenvalue weighted by Crippen LogP contribution is 2.35. The Morgan fingerprint density at radius 3 is 1.97 bits per heavy atom. The van der Waals surface area contributed by atoms with Crippen LogP contribution in [-0.2, 0) is 4.57 Å². The van der Waals surface area contributed by atoms with Crippen molar-refractivity contribution in [2.24, 2.45) is 0 Å². The van der Waals surface area contributed by atoms with Crippen LogP contribution in [0.1, 0.15) is 69.8 Å². The van der Waals surface area contributed by atoms with Crippen LogP contribution >= 0.6 is 7.60 Å². The molecule has 0 aliphatic carbocycles. The molecule has 2 aromatic carbocycles. The molecule has 0 fully saturated rings. The van der Waals surface area contributed by atoms with E-state index in [0.717, 1.165) is 37.2 Å². The minimum atomic E-state index is -3.79. The third-order valence-corrected chi connectivity index (χ3v) is 6.08. The fourth-order valence-electron chi connectivity index (χ4n) is 3.48. The number of hydrogen-bond donors (Lipinski definition) is 2. The van der Waals surface area contributed by atoms with E-state index in [4.69, 9.17) is 14.5 Å². The van der Waals surface area contributed by atoms with Gasteiger partial charge in [0.1, 0.15) is 5.75 Å². The van der Waals surface area contributed by atoms with Crippen molar-refractivity contribution in [2.75, 3.05) is 12.8 Å². The maximum absolute atomic E-state index is 10.8. The molecule has 0 atom stereocenters. The van der Waals surface area contributed by atoms with Crippen molar-refractivity contribution in [3.8, 4) is 5.75 Å². The molecule has 0 bridgehead atoms. The molecule has 0 amide bonds. The van der Waals surface area contributed by atoms with Gasteiger partial charge in [-0.2, -0.15) is 0 Å². The molecule has 29 heavy (non-hydrogen) atoms. The second-order valence-electron chi connectivity index (χ2n) is 7.74. The van der Waals surface area contributed by atoms with E-state index in [9.17, 15) is 4.57 Å². The molecular formula is C24H35O4P. The van der Waals surface area contributed by atoms with Gasteiger partial charge in [-0.3, -0.25) is 4.57 Å². The first kappa shape index (κ1) is 23.7. The average molecular weight is 419 g/mol. The molecule has 0 saturated carbocycles. The number of benzene rings is 2. The van der Waals surface area contributed by atoms with Gasteiger partial charge in [0.15, 0.2) is 0 Å². The van der Waals surface area contributed by atoms with Crippen molar-refractivity contribution in [1.29, 1.82) is 0 Å². The lowest BCUT2D eigenvalue weighted by molar-refractivity contribution is 0.304. The summed E-state index contributed by atoms with van der Waals surface area (Å²) in [6.07, 6.45) is 12.9. The van der Waals surface area contributed by atoms with Crippen LogP contribution in [0.3, 0.4) is 0 Å². The quantitative estimate of drug-likeness (QED) is 0.243. The van der Waals surface area contributed by atoms with E-state index in [-0.39, 0.29) is 6.16 Å². The van der Waals surface area contributed by atoms with Crippen molar-refractivity contribution in [3.05, 3.63) is 48.5 Å². The van der Waals surface area contributed by atoms with Crippen molar-refractivity contribution in [3.63, 3.8) is 0 Å². The Balaban J connectivity index is 1.46. The van der Waals surface area contributed by atoms with Crippen LogP contribution in [0, 0.1) is 0 Å². The highest BCUT2D eigenvalue weighted by Gasteiger charge is 2.10. The lowest BCUT2D eigenvalue weighted by Gasteiger charge is -2.08. The minimum Gasteiger partial charge on any atom is -0.494 e. The Morgan fingerprint density at radius 2 is 1.34 bits per heavy atom. The highest BCUT2D eigenvalue weighted by molar-refractivity contribution is 7.51.